The van der Waals surface area contributed by atoms with Crippen molar-refractivity contribution in [3.8, 4) is 0 Å². The van der Waals surface area contributed by atoms with E-state index in [1.807, 2.05) is 0 Å². The maximum Gasteiger partial charge on any atom is 0.283 e. The maximum atomic E-state index is 14.1. The number of halogens is 2. The summed E-state index contributed by atoms with van der Waals surface area (Å²) in [5, 5.41) is 4.48. The molecule has 0 atom stereocenters. The molecule has 25 heavy (non-hydrogen) atoms. The summed E-state index contributed by atoms with van der Waals surface area (Å²) in [7, 11) is -3.81. The van der Waals surface area contributed by atoms with Gasteiger partial charge in [-0.25, -0.2) is 4.39 Å². The minimum atomic E-state index is -3.81. The molecule has 3 rings (SSSR count). The molecule has 3 aromatic rings. The van der Waals surface area contributed by atoms with Gasteiger partial charge in [-0.15, -0.1) is 0 Å². The van der Waals surface area contributed by atoms with Crippen LogP contribution in [0.2, 0.25) is 5.02 Å². The summed E-state index contributed by atoms with van der Waals surface area (Å²) < 4.78 is 40.7. The molecule has 0 N–H and O–H groups in total. The van der Waals surface area contributed by atoms with Crippen molar-refractivity contribution in [1.82, 2.24) is 9.19 Å². The maximum absolute atomic E-state index is 14.1. The lowest BCUT2D eigenvalue weighted by Gasteiger charge is -2.08. The van der Waals surface area contributed by atoms with E-state index < -0.39 is 15.8 Å². The monoisotopic (exact) mass is 378 g/mol. The molecule has 7 heteroatoms. The molecule has 0 spiro atoms. The number of nitrogens with zero attached hydrogens (tertiary/aromatic N) is 2. The Morgan fingerprint density at radius 2 is 1.72 bits per heavy atom. The molecule has 2 aromatic carbocycles. The summed E-state index contributed by atoms with van der Waals surface area (Å²) in [5.74, 6) is -0.426. The molecule has 0 radical (unpaired) electrons. The highest BCUT2D eigenvalue weighted by atomic mass is 35.5. The van der Waals surface area contributed by atoms with E-state index in [2.05, 4.69) is 5.10 Å². The summed E-state index contributed by atoms with van der Waals surface area (Å²) in [6.07, 6.45) is 0.174. The van der Waals surface area contributed by atoms with Crippen LogP contribution in [0.1, 0.15) is 22.5 Å². The molecule has 0 fully saturated rings. The predicted molar refractivity (Wildman–Crippen MR) is 94.9 cm³/mol. The topological polar surface area (TPSA) is 52.0 Å². The standard InChI is InChI=1S/C18H16ClFN2O2S/c1-12-15(11-16-17(19)9-6-10-18(16)20)13(2)22(21-12)25(23,24)14-7-4-3-5-8-14/h3-10H,11H2,1-2H3. The molecule has 130 valence electrons. The number of rotatable bonds is 4. The third kappa shape index (κ3) is 3.19. The second kappa shape index (κ2) is 6.61. The molecular formula is C18H16ClFN2O2S. The van der Waals surface area contributed by atoms with Crippen molar-refractivity contribution >= 4 is 21.6 Å². The van der Waals surface area contributed by atoms with Crippen LogP contribution in [0.25, 0.3) is 0 Å². The Morgan fingerprint density at radius 3 is 2.36 bits per heavy atom. The molecule has 0 saturated heterocycles. The van der Waals surface area contributed by atoms with Crippen LogP contribution in [-0.2, 0) is 16.4 Å². The number of hydrogen-bond donors (Lipinski definition) is 0. The zero-order chi connectivity index (χ0) is 18.2. The predicted octanol–water partition coefficient (Wildman–Crippen LogP) is 4.12. The van der Waals surface area contributed by atoms with Gasteiger partial charge in [-0.1, -0.05) is 35.9 Å². The van der Waals surface area contributed by atoms with Gasteiger partial charge in [-0.05, 0) is 38.1 Å². The van der Waals surface area contributed by atoms with E-state index >= 15 is 0 Å². The Kier molecular flexibility index (Phi) is 4.67. The van der Waals surface area contributed by atoms with Crippen LogP contribution >= 0.6 is 11.6 Å². The molecule has 0 bridgehead atoms. The van der Waals surface area contributed by atoms with Gasteiger partial charge >= 0.3 is 0 Å². The first-order valence-electron chi connectivity index (χ1n) is 7.61. The lowest BCUT2D eigenvalue weighted by atomic mass is 10.0. The summed E-state index contributed by atoms with van der Waals surface area (Å²) in [6, 6.07) is 12.5. The Bertz CT molecular complexity index is 1010. The summed E-state index contributed by atoms with van der Waals surface area (Å²) in [4.78, 5) is 0.149. The van der Waals surface area contributed by atoms with Crippen LogP contribution in [0.4, 0.5) is 4.39 Å². The highest BCUT2D eigenvalue weighted by Crippen LogP contribution is 2.26. The minimum absolute atomic E-state index is 0.149. The fraction of sp³-hybridized carbons (Fsp3) is 0.167. The highest BCUT2D eigenvalue weighted by Gasteiger charge is 2.24. The van der Waals surface area contributed by atoms with E-state index in [0.717, 1.165) is 4.09 Å². The fourth-order valence-corrected chi connectivity index (χ4v) is 4.34. The SMILES string of the molecule is Cc1nn(S(=O)(=O)c2ccccc2)c(C)c1Cc1c(F)cccc1Cl. The molecule has 0 aliphatic carbocycles. The summed E-state index contributed by atoms with van der Waals surface area (Å²) in [5.41, 5.74) is 1.94. The second-order valence-corrected chi connectivity index (χ2v) is 7.86. The Labute approximate surface area is 150 Å². The van der Waals surface area contributed by atoms with Crippen LogP contribution in [0, 0.1) is 19.7 Å². The number of benzene rings is 2. The molecule has 1 aromatic heterocycles. The average Bonchev–Trinajstić information content (AvgIpc) is 2.87. The van der Waals surface area contributed by atoms with Gasteiger partial charge in [-0.2, -0.15) is 17.6 Å². The molecule has 0 saturated carbocycles. The first-order valence-corrected chi connectivity index (χ1v) is 9.43. The van der Waals surface area contributed by atoms with Crippen molar-refractivity contribution in [3.63, 3.8) is 0 Å². The Balaban J connectivity index is 2.08. The van der Waals surface area contributed by atoms with Crippen molar-refractivity contribution in [3.05, 3.63) is 81.9 Å². The molecule has 0 aliphatic rings. The van der Waals surface area contributed by atoms with E-state index in [4.69, 9.17) is 11.6 Å². The van der Waals surface area contributed by atoms with Crippen LogP contribution < -0.4 is 0 Å². The molecule has 0 unspecified atom stereocenters. The largest absolute Gasteiger partial charge is 0.283 e. The van der Waals surface area contributed by atoms with E-state index in [1.165, 1.54) is 24.3 Å². The van der Waals surface area contributed by atoms with E-state index in [9.17, 15) is 12.8 Å². The van der Waals surface area contributed by atoms with Crippen LogP contribution in [0.3, 0.4) is 0 Å². The lowest BCUT2D eigenvalue weighted by molar-refractivity contribution is 0.577. The van der Waals surface area contributed by atoms with Crippen molar-refractivity contribution in [2.75, 3.05) is 0 Å². The number of aromatic nitrogens is 2. The van der Waals surface area contributed by atoms with Crippen LogP contribution in [0.15, 0.2) is 53.4 Å². The first kappa shape index (κ1) is 17.6. The smallest absolute Gasteiger partial charge is 0.207 e. The van der Waals surface area contributed by atoms with E-state index in [1.54, 1.807) is 38.1 Å². The second-order valence-electron chi connectivity index (χ2n) is 5.69. The minimum Gasteiger partial charge on any atom is -0.207 e. The zero-order valence-electron chi connectivity index (χ0n) is 13.7. The lowest BCUT2D eigenvalue weighted by Crippen LogP contribution is -2.16. The van der Waals surface area contributed by atoms with Gasteiger partial charge in [0.1, 0.15) is 5.82 Å². The van der Waals surface area contributed by atoms with Gasteiger partial charge in [0.15, 0.2) is 0 Å². The normalized spacial score (nSPS) is 11.7. The Morgan fingerprint density at radius 1 is 1.04 bits per heavy atom. The molecule has 1 heterocycles. The summed E-state index contributed by atoms with van der Waals surface area (Å²) in [6.45, 7) is 3.36. The quantitative estimate of drug-likeness (QED) is 0.686. The van der Waals surface area contributed by atoms with Gasteiger partial charge in [-0.3, -0.25) is 0 Å². The molecule has 0 aliphatic heterocycles. The van der Waals surface area contributed by atoms with Gasteiger partial charge in [0.25, 0.3) is 10.0 Å². The van der Waals surface area contributed by atoms with Crippen molar-refractivity contribution in [1.29, 1.82) is 0 Å². The molecular weight excluding hydrogens is 363 g/mol. The van der Waals surface area contributed by atoms with Crippen LogP contribution in [0.5, 0.6) is 0 Å². The van der Waals surface area contributed by atoms with Gasteiger partial charge in [0.05, 0.1) is 16.3 Å². The van der Waals surface area contributed by atoms with Crippen molar-refractivity contribution in [2.24, 2.45) is 0 Å². The summed E-state index contributed by atoms with van der Waals surface area (Å²) >= 11 is 6.09. The molecule has 0 amide bonds. The fourth-order valence-electron chi connectivity index (χ4n) is 2.71. The average molecular weight is 379 g/mol. The van der Waals surface area contributed by atoms with E-state index in [-0.39, 0.29) is 11.3 Å². The van der Waals surface area contributed by atoms with Crippen molar-refractivity contribution in [2.45, 2.75) is 25.2 Å². The van der Waals surface area contributed by atoms with Crippen molar-refractivity contribution < 1.29 is 12.8 Å². The third-order valence-corrected chi connectivity index (χ3v) is 6.12. The number of hydrogen-bond acceptors (Lipinski definition) is 3. The van der Waals surface area contributed by atoms with E-state index in [0.29, 0.717) is 27.5 Å². The first-order chi connectivity index (χ1) is 11.8. The number of aryl methyl sites for hydroxylation is 1. The zero-order valence-corrected chi connectivity index (χ0v) is 15.3. The van der Waals surface area contributed by atoms with Gasteiger partial charge in [0.2, 0.25) is 0 Å². The Hall–Kier alpha value is -2.18. The van der Waals surface area contributed by atoms with Gasteiger partial charge in [0, 0.05) is 22.6 Å². The van der Waals surface area contributed by atoms with Gasteiger partial charge < -0.3 is 0 Å². The van der Waals surface area contributed by atoms with Crippen LogP contribution in [-0.4, -0.2) is 17.6 Å². The third-order valence-electron chi connectivity index (χ3n) is 4.09. The molecule has 4 nitrogen and oxygen atoms in total. The highest BCUT2D eigenvalue weighted by molar-refractivity contribution is 7.89.